The number of anilines is 1. The van der Waals surface area contributed by atoms with Crippen LogP contribution in [0.4, 0.5) is 5.82 Å². The number of piperidine rings is 1. The molecule has 2 atom stereocenters. The second-order valence-electron chi connectivity index (χ2n) is 5.68. The second-order valence-corrected chi connectivity index (χ2v) is 5.68. The van der Waals surface area contributed by atoms with Gasteiger partial charge in [-0.2, -0.15) is 0 Å². The first-order valence-corrected chi connectivity index (χ1v) is 6.64. The van der Waals surface area contributed by atoms with Crippen LogP contribution in [0, 0.1) is 6.92 Å². The third-order valence-corrected chi connectivity index (χ3v) is 4.69. The Bertz CT molecular complexity index is 510. The highest BCUT2D eigenvalue weighted by molar-refractivity contribution is 5.36. The summed E-state index contributed by atoms with van der Waals surface area (Å²) in [4.78, 5) is 21.5. The van der Waals surface area contributed by atoms with Crippen molar-refractivity contribution >= 4 is 5.82 Å². The van der Waals surface area contributed by atoms with Crippen molar-refractivity contribution in [1.82, 2.24) is 14.9 Å². The van der Waals surface area contributed by atoms with Crippen molar-refractivity contribution in [2.24, 2.45) is 0 Å². The van der Waals surface area contributed by atoms with Crippen LogP contribution < -0.4 is 11.3 Å². The molecule has 3 heterocycles. The van der Waals surface area contributed by atoms with Crippen LogP contribution in [0.3, 0.4) is 0 Å². The summed E-state index contributed by atoms with van der Waals surface area (Å²) in [7, 11) is 2.21. The molecule has 2 unspecified atom stereocenters. The van der Waals surface area contributed by atoms with Crippen molar-refractivity contribution in [1.29, 1.82) is 0 Å². The normalized spacial score (nSPS) is 31.8. The molecule has 0 amide bonds. The van der Waals surface area contributed by atoms with Crippen molar-refractivity contribution < 1.29 is 0 Å². The van der Waals surface area contributed by atoms with Crippen molar-refractivity contribution in [3.05, 3.63) is 21.7 Å². The van der Waals surface area contributed by atoms with Gasteiger partial charge in [0.25, 0.3) is 5.56 Å². The number of hydrogen-bond donors (Lipinski definition) is 2. The van der Waals surface area contributed by atoms with Gasteiger partial charge in [0.05, 0.1) is 5.56 Å². The monoisotopic (exact) mass is 248 g/mol. The van der Waals surface area contributed by atoms with Gasteiger partial charge >= 0.3 is 0 Å². The fourth-order valence-electron chi connectivity index (χ4n) is 3.40. The lowest BCUT2D eigenvalue weighted by Gasteiger charge is -2.35. The molecular weight excluding hydrogens is 228 g/mol. The Morgan fingerprint density at radius 1 is 1.33 bits per heavy atom. The lowest BCUT2D eigenvalue weighted by molar-refractivity contribution is 0.159. The first kappa shape index (κ1) is 11.7. The topological polar surface area (TPSA) is 75.0 Å². The van der Waals surface area contributed by atoms with Gasteiger partial charge in [-0.1, -0.05) is 0 Å². The van der Waals surface area contributed by atoms with Crippen LogP contribution in [0.2, 0.25) is 0 Å². The number of hydrogen-bond acceptors (Lipinski definition) is 4. The molecule has 2 bridgehead atoms. The van der Waals surface area contributed by atoms with Crippen LogP contribution in [-0.4, -0.2) is 34.0 Å². The smallest absolute Gasteiger partial charge is 0.255 e. The minimum atomic E-state index is -0.0937. The van der Waals surface area contributed by atoms with E-state index in [1.54, 1.807) is 6.92 Å². The Morgan fingerprint density at radius 2 is 1.94 bits per heavy atom. The predicted molar refractivity (Wildman–Crippen MR) is 70.6 cm³/mol. The van der Waals surface area contributed by atoms with E-state index in [0.29, 0.717) is 29.4 Å². The third-order valence-electron chi connectivity index (χ3n) is 4.69. The molecule has 1 aromatic rings. The number of H-pyrrole nitrogens is 1. The molecule has 0 saturated carbocycles. The SMILES string of the molecule is Cc1c(N)nc(C2CC3CCC(C2)N3C)[nH]c1=O. The largest absolute Gasteiger partial charge is 0.383 e. The van der Waals surface area contributed by atoms with E-state index in [0.717, 1.165) is 18.7 Å². The van der Waals surface area contributed by atoms with Crippen molar-refractivity contribution in [3.8, 4) is 0 Å². The lowest BCUT2D eigenvalue weighted by atomic mass is 9.90. The van der Waals surface area contributed by atoms with Crippen LogP contribution in [0.5, 0.6) is 0 Å². The van der Waals surface area contributed by atoms with Crippen LogP contribution in [0.15, 0.2) is 4.79 Å². The fourth-order valence-corrected chi connectivity index (χ4v) is 3.40. The molecule has 5 nitrogen and oxygen atoms in total. The number of nitrogens with one attached hydrogen (secondary N) is 1. The summed E-state index contributed by atoms with van der Waals surface area (Å²) >= 11 is 0. The highest BCUT2D eigenvalue weighted by Gasteiger charge is 2.39. The minimum Gasteiger partial charge on any atom is -0.383 e. The first-order chi connectivity index (χ1) is 8.56. The molecule has 1 aromatic heterocycles. The standard InChI is InChI=1S/C13H20N4O/c1-7-11(14)15-12(16-13(7)18)8-5-9-3-4-10(6-8)17(9)2/h8-10H,3-6H2,1-2H3,(H3,14,15,16,18). The van der Waals surface area contributed by atoms with Gasteiger partial charge in [0.1, 0.15) is 11.6 Å². The van der Waals surface area contributed by atoms with Crippen molar-refractivity contribution in [2.75, 3.05) is 12.8 Å². The summed E-state index contributed by atoms with van der Waals surface area (Å²) in [6, 6.07) is 1.28. The van der Waals surface area contributed by atoms with Gasteiger partial charge < -0.3 is 15.6 Å². The minimum absolute atomic E-state index is 0.0937. The molecule has 2 fully saturated rings. The number of nitrogen functional groups attached to an aromatic ring is 1. The summed E-state index contributed by atoms with van der Waals surface area (Å²) in [6.07, 6.45) is 4.70. The molecule has 0 spiro atoms. The summed E-state index contributed by atoms with van der Waals surface area (Å²) in [5.41, 5.74) is 6.23. The van der Waals surface area contributed by atoms with E-state index in [1.165, 1.54) is 12.8 Å². The number of nitrogens with zero attached hydrogens (tertiary/aromatic N) is 2. The third kappa shape index (κ3) is 1.73. The van der Waals surface area contributed by atoms with Gasteiger partial charge in [-0.25, -0.2) is 4.98 Å². The van der Waals surface area contributed by atoms with Gasteiger partial charge in [-0.3, -0.25) is 4.79 Å². The van der Waals surface area contributed by atoms with Gasteiger partial charge in [-0.05, 0) is 39.7 Å². The zero-order valence-corrected chi connectivity index (χ0v) is 10.9. The molecule has 5 heteroatoms. The molecule has 0 radical (unpaired) electrons. The Morgan fingerprint density at radius 3 is 2.50 bits per heavy atom. The summed E-state index contributed by atoms with van der Waals surface area (Å²) in [5.74, 6) is 1.52. The maximum Gasteiger partial charge on any atom is 0.255 e. The van der Waals surface area contributed by atoms with Gasteiger partial charge in [0.2, 0.25) is 0 Å². The van der Waals surface area contributed by atoms with Crippen LogP contribution in [0.25, 0.3) is 0 Å². The maximum absolute atomic E-state index is 11.8. The fraction of sp³-hybridized carbons (Fsp3) is 0.692. The summed E-state index contributed by atoms with van der Waals surface area (Å²) < 4.78 is 0. The molecule has 2 aliphatic heterocycles. The average molecular weight is 248 g/mol. The predicted octanol–water partition coefficient (Wildman–Crippen LogP) is 1.00. The van der Waals surface area contributed by atoms with Crippen molar-refractivity contribution in [3.63, 3.8) is 0 Å². The molecular formula is C13H20N4O. The number of rotatable bonds is 1. The molecule has 18 heavy (non-hydrogen) atoms. The highest BCUT2D eigenvalue weighted by atomic mass is 16.1. The lowest BCUT2D eigenvalue weighted by Crippen LogP contribution is -2.39. The second kappa shape index (κ2) is 4.09. The molecule has 98 valence electrons. The molecule has 0 aliphatic carbocycles. The summed E-state index contributed by atoms with van der Waals surface area (Å²) in [5, 5.41) is 0. The molecule has 3 N–H and O–H groups in total. The van der Waals surface area contributed by atoms with E-state index < -0.39 is 0 Å². The molecule has 2 aliphatic rings. The van der Waals surface area contributed by atoms with Crippen LogP contribution in [-0.2, 0) is 0 Å². The number of aromatic amines is 1. The Kier molecular flexibility index (Phi) is 2.66. The quantitative estimate of drug-likeness (QED) is 0.777. The van der Waals surface area contributed by atoms with Gasteiger partial charge in [0.15, 0.2) is 0 Å². The molecule has 0 aromatic carbocycles. The van der Waals surface area contributed by atoms with E-state index in [-0.39, 0.29) is 5.56 Å². The first-order valence-electron chi connectivity index (χ1n) is 6.64. The van der Waals surface area contributed by atoms with Gasteiger partial charge in [-0.15, -0.1) is 0 Å². The Hall–Kier alpha value is -1.36. The van der Waals surface area contributed by atoms with E-state index in [4.69, 9.17) is 5.73 Å². The van der Waals surface area contributed by atoms with Crippen LogP contribution in [0.1, 0.15) is 43.0 Å². The van der Waals surface area contributed by atoms with Crippen LogP contribution >= 0.6 is 0 Å². The zero-order valence-electron chi connectivity index (χ0n) is 10.9. The van der Waals surface area contributed by atoms with E-state index in [1.807, 2.05) is 0 Å². The highest BCUT2D eigenvalue weighted by Crippen LogP contribution is 2.40. The Balaban J connectivity index is 1.91. The van der Waals surface area contributed by atoms with Crippen molar-refractivity contribution in [2.45, 2.75) is 50.6 Å². The average Bonchev–Trinajstić information content (AvgIpc) is 2.57. The van der Waals surface area contributed by atoms with Gasteiger partial charge in [0, 0.05) is 18.0 Å². The Labute approximate surface area is 106 Å². The molecule has 3 rings (SSSR count). The zero-order chi connectivity index (χ0) is 12.9. The van der Waals surface area contributed by atoms with E-state index in [2.05, 4.69) is 21.9 Å². The summed E-state index contributed by atoms with van der Waals surface area (Å²) in [6.45, 7) is 1.71. The van der Waals surface area contributed by atoms with E-state index in [9.17, 15) is 4.79 Å². The number of fused-ring (bicyclic) bond motifs is 2. The number of nitrogens with two attached hydrogens (primary N) is 1. The molecule has 2 saturated heterocycles. The van der Waals surface area contributed by atoms with E-state index >= 15 is 0 Å². The number of aromatic nitrogens is 2. The maximum atomic E-state index is 11.8.